The maximum Gasteiger partial charge on any atom is 0.257 e. The summed E-state index contributed by atoms with van der Waals surface area (Å²) >= 11 is 0. The molecule has 30 heavy (non-hydrogen) atoms. The van der Waals surface area contributed by atoms with Crippen LogP contribution in [-0.4, -0.2) is 13.0 Å². The molecule has 2 aromatic carbocycles. The van der Waals surface area contributed by atoms with Crippen LogP contribution in [0.2, 0.25) is 0 Å². The van der Waals surface area contributed by atoms with Gasteiger partial charge in [-0.15, -0.1) is 0 Å². The second-order valence-electron chi connectivity index (χ2n) is 6.74. The van der Waals surface area contributed by atoms with Crippen molar-refractivity contribution in [3.05, 3.63) is 89.4 Å². The summed E-state index contributed by atoms with van der Waals surface area (Å²) in [6.07, 6.45) is 2.51. The van der Waals surface area contributed by atoms with Gasteiger partial charge in [0.2, 0.25) is 5.55 Å². The number of para-hydroxylation sites is 1. The van der Waals surface area contributed by atoms with Gasteiger partial charge in [-0.3, -0.25) is 4.79 Å². The molecule has 0 aliphatic carbocycles. The van der Waals surface area contributed by atoms with Crippen molar-refractivity contribution in [1.29, 1.82) is 0 Å². The van der Waals surface area contributed by atoms with E-state index in [2.05, 4.69) is 17.2 Å². The molecule has 1 N–H and O–H groups in total. The molecule has 0 spiro atoms. The van der Waals surface area contributed by atoms with Gasteiger partial charge in [0.05, 0.1) is 25.6 Å². The van der Waals surface area contributed by atoms with E-state index in [1.807, 2.05) is 42.5 Å². The van der Waals surface area contributed by atoms with Crippen LogP contribution in [-0.2, 0) is 13.0 Å². The minimum absolute atomic E-state index is 0.216. The molecular formula is C24H22N2O4. The SMILES string of the molecule is CCc1ccc(N=c2oc3c(OC)cccc3cc2C(=O)NCc2ccco2)cc1. The molecule has 152 valence electrons. The third-order valence-corrected chi connectivity index (χ3v) is 4.78. The number of ether oxygens (including phenoxy) is 1. The molecule has 0 aliphatic rings. The number of amides is 1. The number of furan rings is 1. The molecule has 0 radical (unpaired) electrons. The first kappa shape index (κ1) is 19.5. The van der Waals surface area contributed by atoms with E-state index < -0.39 is 0 Å². The number of methoxy groups -OCH3 is 1. The van der Waals surface area contributed by atoms with Gasteiger partial charge >= 0.3 is 0 Å². The molecule has 0 bridgehead atoms. The molecule has 0 aliphatic heterocycles. The van der Waals surface area contributed by atoms with Crippen LogP contribution in [0.1, 0.15) is 28.6 Å². The zero-order chi connectivity index (χ0) is 20.9. The minimum atomic E-state index is -0.302. The van der Waals surface area contributed by atoms with Gasteiger partial charge in [0.15, 0.2) is 11.3 Å². The normalized spacial score (nSPS) is 11.6. The first-order chi connectivity index (χ1) is 14.7. The molecule has 0 atom stereocenters. The fourth-order valence-electron chi connectivity index (χ4n) is 3.13. The summed E-state index contributed by atoms with van der Waals surface area (Å²) in [5.74, 6) is 0.938. The van der Waals surface area contributed by atoms with Gasteiger partial charge in [-0.05, 0) is 48.4 Å². The van der Waals surface area contributed by atoms with Crippen LogP contribution < -0.4 is 15.6 Å². The van der Waals surface area contributed by atoms with Crippen LogP contribution in [0.15, 0.2) is 80.8 Å². The minimum Gasteiger partial charge on any atom is -0.493 e. The van der Waals surface area contributed by atoms with Crippen molar-refractivity contribution in [2.75, 3.05) is 7.11 Å². The number of benzene rings is 2. The van der Waals surface area contributed by atoms with Crippen LogP contribution in [0.3, 0.4) is 0 Å². The van der Waals surface area contributed by atoms with Gasteiger partial charge in [-0.2, -0.15) is 0 Å². The third-order valence-electron chi connectivity index (χ3n) is 4.78. The molecule has 0 fully saturated rings. The Morgan fingerprint density at radius 2 is 1.93 bits per heavy atom. The van der Waals surface area contributed by atoms with Gasteiger partial charge in [-0.25, -0.2) is 4.99 Å². The third kappa shape index (κ3) is 4.12. The van der Waals surface area contributed by atoms with E-state index in [1.54, 1.807) is 31.6 Å². The first-order valence-electron chi connectivity index (χ1n) is 9.73. The molecule has 6 nitrogen and oxygen atoms in total. The van der Waals surface area contributed by atoms with Crippen LogP contribution >= 0.6 is 0 Å². The summed E-state index contributed by atoms with van der Waals surface area (Å²) in [6, 6.07) is 18.7. The number of hydrogen-bond acceptors (Lipinski definition) is 5. The predicted octanol–water partition coefficient (Wildman–Crippen LogP) is 4.76. The standard InChI is InChI=1S/C24H22N2O4/c1-3-16-9-11-18(12-10-16)26-24-20(23(27)25-15-19-7-5-13-29-19)14-17-6-4-8-21(28-2)22(17)30-24/h4-14H,3,15H2,1-2H3,(H,25,27). The number of aryl methyl sites for hydroxylation is 1. The Kier molecular flexibility index (Phi) is 5.66. The lowest BCUT2D eigenvalue weighted by atomic mass is 10.1. The molecule has 0 unspecified atom stereocenters. The Bertz CT molecular complexity index is 1220. The van der Waals surface area contributed by atoms with Crippen molar-refractivity contribution in [3.63, 3.8) is 0 Å². The second kappa shape index (κ2) is 8.69. The molecule has 4 aromatic rings. The fourth-order valence-corrected chi connectivity index (χ4v) is 3.13. The maximum absolute atomic E-state index is 12.9. The van der Waals surface area contributed by atoms with Crippen LogP contribution in [0.5, 0.6) is 5.75 Å². The summed E-state index contributed by atoms with van der Waals surface area (Å²) in [7, 11) is 1.58. The van der Waals surface area contributed by atoms with Crippen molar-refractivity contribution in [2.45, 2.75) is 19.9 Å². The average Bonchev–Trinajstić information content (AvgIpc) is 3.31. The summed E-state index contributed by atoms with van der Waals surface area (Å²) in [5.41, 5.74) is 2.99. The molecule has 1 amide bonds. The van der Waals surface area contributed by atoms with Gasteiger partial charge in [-0.1, -0.05) is 31.2 Å². The van der Waals surface area contributed by atoms with Crippen molar-refractivity contribution in [3.8, 4) is 5.75 Å². The Morgan fingerprint density at radius 3 is 2.63 bits per heavy atom. The Morgan fingerprint density at radius 1 is 1.10 bits per heavy atom. The lowest BCUT2D eigenvalue weighted by Crippen LogP contribution is -2.28. The van der Waals surface area contributed by atoms with E-state index in [0.717, 1.165) is 11.8 Å². The van der Waals surface area contributed by atoms with E-state index in [0.29, 0.717) is 28.3 Å². The monoisotopic (exact) mass is 402 g/mol. The van der Waals surface area contributed by atoms with E-state index >= 15 is 0 Å². The Hall–Kier alpha value is -3.80. The number of carbonyl (C=O) groups is 1. The highest BCUT2D eigenvalue weighted by molar-refractivity contribution is 5.97. The van der Waals surface area contributed by atoms with Gasteiger partial charge < -0.3 is 18.9 Å². The predicted molar refractivity (Wildman–Crippen MR) is 114 cm³/mol. The molecule has 2 heterocycles. The zero-order valence-corrected chi connectivity index (χ0v) is 16.8. The van der Waals surface area contributed by atoms with Crippen molar-refractivity contribution in [1.82, 2.24) is 5.32 Å². The van der Waals surface area contributed by atoms with E-state index in [4.69, 9.17) is 13.6 Å². The number of fused-ring (bicyclic) bond motifs is 1. The quantitative estimate of drug-likeness (QED) is 0.504. The maximum atomic E-state index is 12.9. The average molecular weight is 402 g/mol. The van der Waals surface area contributed by atoms with Crippen molar-refractivity contribution < 1.29 is 18.4 Å². The smallest absolute Gasteiger partial charge is 0.257 e. The Balaban J connectivity index is 1.80. The van der Waals surface area contributed by atoms with Gasteiger partial charge in [0, 0.05) is 5.39 Å². The second-order valence-corrected chi connectivity index (χ2v) is 6.74. The van der Waals surface area contributed by atoms with Crippen LogP contribution in [0, 0.1) is 0 Å². The summed E-state index contributed by atoms with van der Waals surface area (Å²) in [6.45, 7) is 2.37. The molecule has 6 heteroatoms. The highest BCUT2D eigenvalue weighted by Gasteiger charge is 2.15. The number of hydrogen-bond donors (Lipinski definition) is 1. The van der Waals surface area contributed by atoms with E-state index in [-0.39, 0.29) is 18.0 Å². The van der Waals surface area contributed by atoms with Crippen LogP contribution in [0.25, 0.3) is 11.0 Å². The van der Waals surface area contributed by atoms with E-state index in [9.17, 15) is 4.79 Å². The molecule has 4 rings (SSSR count). The summed E-state index contributed by atoms with van der Waals surface area (Å²) in [4.78, 5) is 17.5. The van der Waals surface area contributed by atoms with Gasteiger partial charge in [0.25, 0.3) is 5.91 Å². The van der Waals surface area contributed by atoms with Crippen molar-refractivity contribution in [2.24, 2.45) is 4.99 Å². The number of rotatable bonds is 6. The van der Waals surface area contributed by atoms with Crippen molar-refractivity contribution >= 4 is 22.6 Å². The molecule has 2 aromatic heterocycles. The Labute approximate surface area is 173 Å². The molecule has 0 saturated carbocycles. The van der Waals surface area contributed by atoms with E-state index in [1.165, 1.54) is 5.56 Å². The first-order valence-corrected chi connectivity index (χ1v) is 9.73. The number of carbonyl (C=O) groups excluding carboxylic acids is 1. The number of nitrogens with zero attached hydrogens (tertiary/aromatic N) is 1. The lowest BCUT2D eigenvalue weighted by Gasteiger charge is -2.08. The molecule has 0 saturated heterocycles. The lowest BCUT2D eigenvalue weighted by molar-refractivity contribution is 0.0944. The topological polar surface area (TPSA) is 77.0 Å². The summed E-state index contributed by atoms with van der Waals surface area (Å²) in [5, 5.41) is 3.60. The highest BCUT2D eigenvalue weighted by Crippen LogP contribution is 2.25. The molecular weight excluding hydrogens is 380 g/mol. The highest BCUT2D eigenvalue weighted by atomic mass is 16.5. The largest absolute Gasteiger partial charge is 0.493 e. The summed E-state index contributed by atoms with van der Waals surface area (Å²) < 4.78 is 16.8. The number of nitrogens with one attached hydrogen (secondary N) is 1. The van der Waals surface area contributed by atoms with Gasteiger partial charge in [0.1, 0.15) is 11.3 Å². The zero-order valence-electron chi connectivity index (χ0n) is 16.8. The fraction of sp³-hybridized carbons (Fsp3) is 0.167. The van der Waals surface area contributed by atoms with Crippen LogP contribution in [0.4, 0.5) is 5.69 Å².